The highest BCUT2D eigenvalue weighted by Gasteiger charge is 2.10. The van der Waals surface area contributed by atoms with Gasteiger partial charge in [-0.15, -0.1) is 6.58 Å². The second-order valence-corrected chi connectivity index (χ2v) is 4.04. The van der Waals surface area contributed by atoms with Crippen LogP contribution in [0.2, 0.25) is 5.02 Å². The zero-order chi connectivity index (χ0) is 12.7. The van der Waals surface area contributed by atoms with Crippen molar-refractivity contribution < 1.29 is 5.11 Å². The molecule has 0 aliphatic heterocycles. The lowest BCUT2D eigenvalue weighted by Crippen LogP contribution is -2.28. The van der Waals surface area contributed by atoms with E-state index in [0.29, 0.717) is 23.9 Å². The fraction of sp³-hybridized carbons (Fsp3) is 0.417. The molecule has 1 rings (SSSR count). The van der Waals surface area contributed by atoms with Crippen LogP contribution < -0.4 is 10.2 Å². The first-order valence-electron chi connectivity index (χ1n) is 5.48. The fourth-order valence-electron chi connectivity index (χ4n) is 1.56. The van der Waals surface area contributed by atoms with E-state index in [9.17, 15) is 0 Å². The molecule has 0 radical (unpaired) electrons. The van der Waals surface area contributed by atoms with Gasteiger partial charge in [0.15, 0.2) is 0 Å². The van der Waals surface area contributed by atoms with E-state index >= 15 is 0 Å². The van der Waals surface area contributed by atoms with Crippen molar-refractivity contribution in [3.05, 3.63) is 35.5 Å². The molecule has 1 heterocycles. The van der Waals surface area contributed by atoms with Crippen molar-refractivity contribution >= 4 is 17.4 Å². The van der Waals surface area contributed by atoms with Gasteiger partial charge < -0.3 is 15.3 Å². The zero-order valence-corrected chi connectivity index (χ0v) is 10.7. The summed E-state index contributed by atoms with van der Waals surface area (Å²) in [6.07, 6.45) is 3.54. The van der Waals surface area contributed by atoms with Crippen LogP contribution in [0.4, 0.5) is 5.82 Å². The summed E-state index contributed by atoms with van der Waals surface area (Å²) in [5.74, 6) is 0.681. The third-order valence-corrected chi connectivity index (χ3v) is 2.56. The first-order chi connectivity index (χ1) is 8.22. The van der Waals surface area contributed by atoms with E-state index in [1.807, 2.05) is 18.0 Å². The number of nitrogens with zero attached hydrogens (tertiary/aromatic N) is 2. The number of rotatable bonds is 7. The molecule has 2 N–H and O–H groups in total. The second kappa shape index (κ2) is 7.27. The summed E-state index contributed by atoms with van der Waals surface area (Å²) in [6.45, 7) is 5.57. The van der Waals surface area contributed by atoms with Gasteiger partial charge in [-0.25, -0.2) is 4.98 Å². The van der Waals surface area contributed by atoms with Gasteiger partial charge in [0.05, 0.1) is 11.6 Å². The molecule has 17 heavy (non-hydrogen) atoms. The van der Waals surface area contributed by atoms with E-state index in [4.69, 9.17) is 16.7 Å². The average Bonchev–Trinajstić information content (AvgIpc) is 2.29. The number of hydrogen-bond donors (Lipinski definition) is 2. The predicted molar refractivity (Wildman–Crippen MR) is 71.5 cm³/mol. The minimum Gasteiger partial charge on any atom is -0.395 e. The van der Waals surface area contributed by atoms with E-state index in [1.54, 1.807) is 12.3 Å². The van der Waals surface area contributed by atoms with Gasteiger partial charge >= 0.3 is 0 Å². The van der Waals surface area contributed by atoms with Crippen molar-refractivity contribution in [3.8, 4) is 0 Å². The summed E-state index contributed by atoms with van der Waals surface area (Å²) in [5.41, 5.74) is 1.03. The molecule has 0 bridgehead atoms. The SMILES string of the molecule is C=CCN(CCO)c1ncc(CNC)cc1Cl. The maximum Gasteiger partial charge on any atom is 0.147 e. The van der Waals surface area contributed by atoms with Crippen LogP contribution in [0.5, 0.6) is 0 Å². The van der Waals surface area contributed by atoms with Gasteiger partial charge in [0.25, 0.3) is 0 Å². The molecule has 0 amide bonds. The molecule has 0 saturated carbocycles. The third-order valence-electron chi connectivity index (χ3n) is 2.28. The van der Waals surface area contributed by atoms with Gasteiger partial charge in [0, 0.05) is 25.8 Å². The molecule has 0 aliphatic carbocycles. The summed E-state index contributed by atoms with van der Waals surface area (Å²) in [6, 6.07) is 1.88. The summed E-state index contributed by atoms with van der Waals surface area (Å²) in [7, 11) is 1.87. The van der Waals surface area contributed by atoms with Crippen LogP contribution in [-0.4, -0.2) is 36.8 Å². The summed E-state index contributed by atoms with van der Waals surface area (Å²) < 4.78 is 0. The minimum atomic E-state index is 0.0596. The average molecular weight is 256 g/mol. The van der Waals surface area contributed by atoms with Gasteiger partial charge in [0.2, 0.25) is 0 Å². The molecule has 0 aliphatic rings. The zero-order valence-electron chi connectivity index (χ0n) is 9.99. The quantitative estimate of drug-likeness (QED) is 0.724. The van der Waals surface area contributed by atoms with Gasteiger partial charge in [-0.2, -0.15) is 0 Å². The number of pyridine rings is 1. The van der Waals surface area contributed by atoms with Crippen LogP contribution in [0.25, 0.3) is 0 Å². The highest BCUT2D eigenvalue weighted by atomic mass is 35.5. The maximum absolute atomic E-state index is 9.00. The Hall–Kier alpha value is -1.10. The van der Waals surface area contributed by atoms with Gasteiger partial charge in [-0.05, 0) is 18.7 Å². The third kappa shape index (κ3) is 4.00. The standard InChI is InChI=1S/C12H18ClN3O/c1-3-4-16(5-6-17)12-11(13)7-10(8-14-2)9-15-12/h3,7,9,14,17H,1,4-6,8H2,2H3. The topological polar surface area (TPSA) is 48.4 Å². The lowest BCUT2D eigenvalue weighted by atomic mass is 10.2. The van der Waals surface area contributed by atoms with Crippen LogP contribution in [0.15, 0.2) is 24.9 Å². The molecule has 1 aromatic rings. The lowest BCUT2D eigenvalue weighted by molar-refractivity contribution is 0.302. The Labute approximate surface area is 107 Å². The minimum absolute atomic E-state index is 0.0596. The molecular formula is C12H18ClN3O. The molecule has 0 aromatic carbocycles. The molecular weight excluding hydrogens is 238 g/mol. The number of halogens is 1. The van der Waals surface area contributed by atoms with Crippen molar-refractivity contribution in [2.24, 2.45) is 0 Å². The number of nitrogens with one attached hydrogen (secondary N) is 1. The van der Waals surface area contributed by atoms with Gasteiger partial charge in [-0.3, -0.25) is 0 Å². The molecule has 1 aromatic heterocycles. The molecule has 4 nitrogen and oxygen atoms in total. The Morgan fingerprint density at radius 3 is 2.94 bits per heavy atom. The lowest BCUT2D eigenvalue weighted by Gasteiger charge is -2.22. The smallest absolute Gasteiger partial charge is 0.147 e. The second-order valence-electron chi connectivity index (χ2n) is 3.64. The van der Waals surface area contributed by atoms with E-state index < -0.39 is 0 Å². The van der Waals surface area contributed by atoms with Gasteiger partial charge in [-0.1, -0.05) is 17.7 Å². The van der Waals surface area contributed by atoms with Crippen LogP contribution >= 0.6 is 11.6 Å². The fourth-order valence-corrected chi connectivity index (χ4v) is 1.87. The molecule has 0 spiro atoms. The van der Waals surface area contributed by atoms with Crippen molar-refractivity contribution in [1.29, 1.82) is 0 Å². The molecule has 0 fully saturated rings. The highest BCUT2D eigenvalue weighted by Crippen LogP contribution is 2.23. The maximum atomic E-state index is 9.00. The van der Waals surface area contributed by atoms with Gasteiger partial charge in [0.1, 0.15) is 5.82 Å². The Morgan fingerprint density at radius 1 is 1.65 bits per heavy atom. The van der Waals surface area contributed by atoms with Crippen LogP contribution in [-0.2, 0) is 6.54 Å². The number of aliphatic hydroxyl groups excluding tert-OH is 1. The van der Waals surface area contributed by atoms with Crippen molar-refractivity contribution in [1.82, 2.24) is 10.3 Å². The normalized spacial score (nSPS) is 10.3. The van der Waals surface area contributed by atoms with Crippen molar-refractivity contribution in [2.75, 3.05) is 31.6 Å². The Bertz CT molecular complexity index is 371. The Kier molecular flexibility index (Phi) is 5.97. The monoisotopic (exact) mass is 255 g/mol. The Balaban J connectivity index is 2.90. The first-order valence-corrected chi connectivity index (χ1v) is 5.86. The van der Waals surface area contributed by atoms with E-state index in [1.165, 1.54) is 0 Å². The van der Waals surface area contributed by atoms with Crippen LogP contribution in [0.3, 0.4) is 0 Å². The van der Waals surface area contributed by atoms with Crippen molar-refractivity contribution in [3.63, 3.8) is 0 Å². The highest BCUT2D eigenvalue weighted by molar-refractivity contribution is 6.33. The van der Waals surface area contributed by atoms with E-state index in [2.05, 4.69) is 16.9 Å². The molecule has 0 atom stereocenters. The van der Waals surface area contributed by atoms with Crippen LogP contribution in [0, 0.1) is 0 Å². The summed E-state index contributed by atoms with van der Waals surface area (Å²) in [5, 5.41) is 12.6. The predicted octanol–water partition coefficient (Wildman–Crippen LogP) is 1.44. The largest absolute Gasteiger partial charge is 0.395 e. The molecule has 0 saturated heterocycles. The first kappa shape index (κ1) is 14.0. The number of anilines is 1. The van der Waals surface area contributed by atoms with E-state index in [-0.39, 0.29) is 6.61 Å². The van der Waals surface area contributed by atoms with Crippen LogP contribution in [0.1, 0.15) is 5.56 Å². The number of aromatic nitrogens is 1. The number of aliphatic hydroxyl groups is 1. The molecule has 94 valence electrons. The summed E-state index contributed by atoms with van der Waals surface area (Å²) in [4.78, 5) is 6.22. The Morgan fingerprint density at radius 2 is 2.41 bits per heavy atom. The molecule has 5 heteroatoms. The summed E-state index contributed by atoms with van der Waals surface area (Å²) >= 11 is 6.18. The molecule has 0 unspecified atom stereocenters. The van der Waals surface area contributed by atoms with E-state index in [0.717, 1.165) is 12.1 Å². The number of hydrogen-bond acceptors (Lipinski definition) is 4. The van der Waals surface area contributed by atoms with Crippen molar-refractivity contribution in [2.45, 2.75) is 6.54 Å².